The van der Waals surface area contributed by atoms with Crippen molar-refractivity contribution in [3.8, 4) is 0 Å². The van der Waals surface area contributed by atoms with E-state index in [4.69, 9.17) is 0 Å². The lowest BCUT2D eigenvalue weighted by atomic mass is 10.2. The largest absolute Gasteiger partial charge is 0.351 e. The molecule has 1 rings (SSSR count). The van der Waals surface area contributed by atoms with Gasteiger partial charge in [0, 0.05) is 26.2 Å². The molecule has 124 valence electrons. The van der Waals surface area contributed by atoms with E-state index in [9.17, 15) is 21.6 Å². The van der Waals surface area contributed by atoms with E-state index >= 15 is 0 Å². The highest BCUT2D eigenvalue weighted by Crippen LogP contribution is 2.13. The molecule has 0 saturated carbocycles. The molecule has 0 aliphatic heterocycles. The predicted molar refractivity (Wildman–Crippen MR) is 82.5 cm³/mol. The molecule has 1 amide bonds. The van der Waals surface area contributed by atoms with Gasteiger partial charge in [0.05, 0.1) is 10.6 Å². The number of sulfonamides is 2. The van der Waals surface area contributed by atoms with Crippen LogP contribution in [-0.4, -0.2) is 60.5 Å². The molecule has 0 saturated heterocycles. The summed E-state index contributed by atoms with van der Waals surface area (Å²) in [5.74, 6) is -0.706. The first kappa shape index (κ1) is 18.6. The van der Waals surface area contributed by atoms with Crippen molar-refractivity contribution in [3.63, 3.8) is 0 Å². The number of nitrogens with zero attached hydrogens (tertiary/aromatic N) is 1. The van der Waals surface area contributed by atoms with E-state index in [-0.39, 0.29) is 22.8 Å². The normalized spacial score (nSPS) is 12.4. The molecule has 0 aliphatic carbocycles. The van der Waals surface area contributed by atoms with Crippen LogP contribution in [-0.2, 0) is 20.0 Å². The third-order valence-electron chi connectivity index (χ3n) is 2.86. The van der Waals surface area contributed by atoms with E-state index < -0.39 is 26.0 Å². The van der Waals surface area contributed by atoms with Gasteiger partial charge in [-0.3, -0.25) is 4.79 Å². The van der Waals surface area contributed by atoms with Crippen LogP contribution in [0.15, 0.2) is 29.2 Å². The molecule has 0 atom stereocenters. The third-order valence-corrected chi connectivity index (χ3v) is 6.06. The Kier molecular flexibility index (Phi) is 6.06. The summed E-state index contributed by atoms with van der Waals surface area (Å²) >= 11 is 0. The zero-order chi connectivity index (χ0) is 17.0. The van der Waals surface area contributed by atoms with Crippen LogP contribution in [0.4, 0.5) is 0 Å². The molecule has 0 aliphatic rings. The minimum atomic E-state index is -3.55. The summed E-state index contributed by atoms with van der Waals surface area (Å²) in [4.78, 5) is 11.9. The third kappa shape index (κ3) is 4.77. The molecule has 22 heavy (non-hydrogen) atoms. The van der Waals surface area contributed by atoms with Crippen molar-refractivity contribution >= 4 is 26.0 Å². The number of carbonyl (C=O) groups excluding carboxylic acids is 1. The fourth-order valence-corrected chi connectivity index (χ4v) is 2.97. The van der Waals surface area contributed by atoms with Gasteiger partial charge in [-0.05, 0) is 31.3 Å². The fraction of sp³-hybridized carbons (Fsp3) is 0.417. The highest BCUT2D eigenvalue weighted by atomic mass is 32.2. The number of nitrogens with one attached hydrogen (secondary N) is 2. The second-order valence-corrected chi connectivity index (χ2v) is 8.79. The van der Waals surface area contributed by atoms with Crippen molar-refractivity contribution in [3.05, 3.63) is 29.8 Å². The minimum absolute atomic E-state index is 0.0419. The molecule has 1 aromatic rings. The minimum Gasteiger partial charge on any atom is -0.351 e. The van der Waals surface area contributed by atoms with Crippen molar-refractivity contribution < 1.29 is 21.6 Å². The van der Waals surface area contributed by atoms with E-state index in [1.54, 1.807) is 0 Å². The molecule has 0 spiro atoms. The Morgan fingerprint density at radius 1 is 1.09 bits per heavy atom. The SMILES string of the molecule is CNS(=O)(=O)CCNC(=O)c1ccc(S(=O)(=O)N(C)C)cc1. The zero-order valence-electron chi connectivity index (χ0n) is 12.5. The van der Waals surface area contributed by atoms with E-state index in [2.05, 4.69) is 10.0 Å². The van der Waals surface area contributed by atoms with Gasteiger partial charge in [0.15, 0.2) is 0 Å². The van der Waals surface area contributed by atoms with Gasteiger partial charge in [0.2, 0.25) is 20.0 Å². The number of benzene rings is 1. The van der Waals surface area contributed by atoms with Crippen LogP contribution in [0.1, 0.15) is 10.4 Å². The summed E-state index contributed by atoms with van der Waals surface area (Å²) in [5.41, 5.74) is 0.250. The summed E-state index contributed by atoms with van der Waals surface area (Å²) in [6.07, 6.45) is 0. The first-order chi connectivity index (χ1) is 10.1. The Balaban J connectivity index is 2.73. The Labute approximate surface area is 130 Å². The number of hydrogen-bond acceptors (Lipinski definition) is 5. The molecule has 0 radical (unpaired) electrons. The summed E-state index contributed by atoms with van der Waals surface area (Å²) in [7, 11) is -2.81. The molecule has 1 aromatic carbocycles. The van der Waals surface area contributed by atoms with Crippen LogP contribution in [0.25, 0.3) is 0 Å². The van der Waals surface area contributed by atoms with Gasteiger partial charge in [0.25, 0.3) is 5.91 Å². The Morgan fingerprint density at radius 3 is 2.09 bits per heavy atom. The average molecular weight is 349 g/mol. The maximum absolute atomic E-state index is 11.9. The number of hydrogen-bond donors (Lipinski definition) is 2. The standard InChI is InChI=1S/C12H19N3O5S2/c1-13-21(17,18)9-8-14-12(16)10-4-6-11(7-5-10)22(19,20)15(2)3/h4-7,13H,8-9H2,1-3H3,(H,14,16). The number of carbonyl (C=O) groups is 1. The molecule has 0 fully saturated rings. The molecule has 8 nitrogen and oxygen atoms in total. The van der Waals surface area contributed by atoms with Gasteiger partial charge in [-0.1, -0.05) is 0 Å². The first-order valence-electron chi connectivity index (χ1n) is 6.32. The maximum Gasteiger partial charge on any atom is 0.251 e. The average Bonchev–Trinajstić information content (AvgIpc) is 2.47. The topological polar surface area (TPSA) is 113 Å². The molecular formula is C12H19N3O5S2. The van der Waals surface area contributed by atoms with Gasteiger partial charge in [0.1, 0.15) is 0 Å². The molecule has 0 heterocycles. The molecular weight excluding hydrogens is 330 g/mol. The van der Waals surface area contributed by atoms with Gasteiger partial charge in [-0.25, -0.2) is 25.9 Å². The number of rotatable bonds is 7. The lowest BCUT2D eigenvalue weighted by molar-refractivity contribution is 0.0956. The second-order valence-electron chi connectivity index (χ2n) is 4.59. The summed E-state index contributed by atoms with van der Waals surface area (Å²) in [6, 6.07) is 5.40. The monoisotopic (exact) mass is 349 g/mol. The maximum atomic E-state index is 11.9. The lowest BCUT2D eigenvalue weighted by Gasteiger charge is -2.11. The van der Waals surface area contributed by atoms with Crippen LogP contribution < -0.4 is 10.0 Å². The van der Waals surface area contributed by atoms with Crippen molar-refractivity contribution in [2.45, 2.75) is 4.90 Å². The summed E-state index contributed by atoms with van der Waals surface area (Å²) in [5, 5.41) is 2.45. The molecule has 0 aromatic heterocycles. The van der Waals surface area contributed by atoms with Crippen LogP contribution in [0.5, 0.6) is 0 Å². The van der Waals surface area contributed by atoms with Crippen LogP contribution in [0.3, 0.4) is 0 Å². The van der Waals surface area contributed by atoms with E-state index in [0.29, 0.717) is 0 Å². The Hall–Kier alpha value is -1.49. The van der Waals surface area contributed by atoms with Crippen LogP contribution >= 0.6 is 0 Å². The van der Waals surface area contributed by atoms with Crippen molar-refractivity contribution in [1.82, 2.24) is 14.3 Å². The van der Waals surface area contributed by atoms with Crippen molar-refractivity contribution in [2.24, 2.45) is 0 Å². The highest BCUT2D eigenvalue weighted by molar-refractivity contribution is 7.89. The Bertz CT molecular complexity index is 725. The van der Waals surface area contributed by atoms with Crippen LogP contribution in [0.2, 0.25) is 0 Å². The van der Waals surface area contributed by atoms with Crippen LogP contribution in [0, 0.1) is 0 Å². The molecule has 10 heteroatoms. The van der Waals surface area contributed by atoms with Crippen molar-refractivity contribution in [1.29, 1.82) is 0 Å². The number of amides is 1. The van der Waals surface area contributed by atoms with E-state index in [1.807, 2.05) is 0 Å². The van der Waals surface area contributed by atoms with Gasteiger partial charge in [-0.15, -0.1) is 0 Å². The molecule has 2 N–H and O–H groups in total. The van der Waals surface area contributed by atoms with Gasteiger partial charge < -0.3 is 5.32 Å². The van der Waals surface area contributed by atoms with Crippen molar-refractivity contribution in [2.75, 3.05) is 33.4 Å². The Morgan fingerprint density at radius 2 is 1.64 bits per heavy atom. The van der Waals surface area contributed by atoms with E-state index in [0.717, 1.165) is 4.31 Å². The first-order valence-corrected chi connectivity index (χ1v) is 9.41. The van der Waals surface area contributed by atoms with E-state index in [1.165, 1.54) is 45.4 Å². The predicted octanol–water partition coefficient (Wildman–Crippen LogP) is -0.784. The second kappa shape index (κ2) is 7.18. The zero-order valence-corrected chi connectivity index (χ0v) is 14.2. The lowest BCUT2D eigenvalue weighted by Crippen LogP contribution is -2.33. The summed E-state index contributed by atoms with van der Waals surface area (Å²) < 4.78 is 49.4. The quantitative estimate of drug-likeness (QED) is 0.670. The van der Waals surface area contributed by atoms with Gasteiger partial charge >= 0.3 is 0 Å². The smallest absolute Gasteiger partial charge is 0.251 e. The fourth-order valence-electron chi connectivity index (χ4n) is 1.49. The highest BCUT2D eigenvalue weighted by Gasteiger charge is 2.17. The molecule has 0 unspecified atom stereocenters. The van der Waals surface area contributed by atoms with Gasteiger partial charge in [-0.2, -0.15) is 0 Å². The summed E-state index contributed by atoms with van der Waals surface area (Å²) in [6.45, 7) is -0.0419. The molecule has 0 bridgehead atoms.